The van der Waals surface area contributed by atoms with Gasteiger partial charge in [0, 0.05) is 16.8 Å². The van der Waals surface area contributed by atoms with Gasteiger partial charge in [-0.05, 0) is 75.2 Å². The molecule has 0 atom stereocenters. The normalized spacial score (nSPS) is 17.0. The van der Waals surface area contributed by atoms with E-state index in [0.717, 1.165) is 27.9 Å². The second-order valence-corrected chi connectivity index (χ2v) is 11.1. The summed E-state index contributed by atoms with van der Waals surface area (Å²) < 4.78 is 8.70. The van der Waals surface area contributed by atoms with Gasteiger partial charge in [0.25, 0.3) is 0 Å². The van der Waals surface area contributed by atoms with Crippen molar-refractivity contribution in [1.29, 1.82) is 0 Å². The standard InChI is InChI=1S/C30H31N2O/c1-18-8-10-20-22-16-19-9-11-23-26(30(4,5)13-12-29(23,2)3)21(19)17-24(22)33-27(20)25(18)28-31-14-7-15-32(28)6/h7-11,14-17H,12-13H2,1-6H3/q+1. The van der Waals surface area contributed by atoms with Crippen LogP contribution < -0.4 is 4.57 Å². The van der Waals surface area contributed by atoms with Crippen LogP contribution in [0, 0.1) is 6.92 Å². The van der Waals surface area contributed by atoms with Crippen LogP contribution in [0.3, 0.4) is 0 Å². The fraction of sp³-hybridized carbons (Fsp3) is 0.333. The lowest BCUT2D eigenvalue weighted by molar-refractivity contribution is -0.663. The second kappa shape index (κ2) is 6.66. The van der Waals surface area contributed by atoms with Gasteiger partial charge in [-0.25, -0.2) is 4.57 Å². The third kappa shape index (κ3) is 2.88. The topological polar surface area (TPSA) is 29.9 Å². The van der Waals surface area contributed by atoms with Gasteiger partial charge in [-0.3, -0.25) is 0 Å². The maximum Gasteiger partial charge on any atom is 0.334 e. The maximum absolute atomic E-state index is 6.64. The Morgan fingerprint density at radius 2 is 1.70 bits per heavy atom. The number of fused-ring (bicyclic) bond motifs is 6. The number of benzene rings is 3. The van der Waals surface area contributed by atoms with E-state index in [2.05, 4.69) is 80.6 Å². The lowest BCUT2D eigenvalue weighted by Crippen LogP contribution is -2.34. The van der Waals surface area contributed by atoms with Gasteiger partial charge in [0.1, 0.15) is 17.3 Å². The van der Waals surface area contributed by atoms with Crippen molar-refractivity contribution in [3.63, 3.8) is 0 Å². The first kappa shape index (κ1) is 20.4. The largest absolute Gasteiger partial charge is 0.455 e. The minimum atomic E-state index is 0.146. The Labute approximate surface area is 195 Å². The lowest BCUT2D eigenvalue weighted by atomic mass is 9.62. The summed E-state index contributed by atoms with van der Waals surface area (Å²) in [6.45, 7) is 11.7. The molecule has 6 rings (SSSR count). The fourth-order valence-electron chi connectivity index (χ4n) is 5.90. The molecule has 33 heavy (non-hydrogen) atoms. The van der Waals surface area contributed by atoms with E-state index in [0.29, 0.717) is 0 Å². The summed E-state index contributed by atoms with van der Waals surface area (Å²) in [6, 6.07) is 15.6. The van der Waals surface area contributed by atoms with Gasteiger partial charge in [0.2, 0.25) is 0 Å². The van der Waals surface area contributed by atoms with Crippen LogP contribution in [0.5, 0.6) is 0 Å². The van der Waals surface area contributed by atoms with Crippen molar-refractivity contribution in [3.05, 3.63) is 71.5 Å². The fourth-order valence-corrected chi connectivity index (χ4v) is 5.90. The van der Waals surface area contributed by atoms with Gasteiger partial charge in [0.15, 0.2) is 5.58 Å². The van der Waals surface area contributed by atoms with E-state index in [-0.39, 0.29) is 10.8 Å². The van der Waals surface area contributed by atoms with Gasteiger partial charge in [-0.1, -0.05) is 52.0 Å². The van der Waals surface area contributed by atoms with Gasteiger partial charge in [-0.15, -0.1) is 0 Å². The molecular weight excluding hydrogens is 404 g/mol. The molecule has 0 saturated carbocycles. The summed E-state index contributed by atoms with van der Waals surface area (Å²) in [5.41, 5.74) is 7.43. The van der Waals surface area contributed by atoms with Crippen molar-refractivity contribution in [2.24, 2.45) is 7.05 Å². The quantitative estimate of drug-likeness (QED) is 0.259. The van der Waals surface area contributed by atoms with Crippen LogP contribution in [-0.2, 0) is 17.9 Å². The molecule has 1 aliphatic carbocycles. The Morgan fingerprint density at radius 3 is 2.48 bits per heavy atom. The van der Waals surface area contributed by atoms with E-state index in [4.69, 9.17) is 4.42 Å². The summed E-state index contributed by atoms with van der Waals surface area (Å²) in [5, 5.41) is 4.94. The Hall–Kier alpha value is -3.20. The molecule has 166 valence electrons. The molecule has 3 nitrogen and oxygen atoms in total. The first-order valence-electron chi connectivity index (χ1n) is 11.9. The van der Waals surface area contributed by atoms with Gasteiger partial charge in [-0.2, -0.15) is 0 Å². The van der Waals surface area contributed by atoms with Crippen LogP contribution in [-0.4, -0.2) is 4.98 Å². The monoisotopic (exact) mass is 435 g/mol. The number of hydrogen-bond acceptors (Lipinski definition) is 2. The minimum Gasteiger partial charge on any atom is -0.455 e. The van der Waals surface area contributed by atoms with Crippen molar-refractivity contribution in [2.45, 2.75) is 58.3 Å². The van der Waals surface area contributed by atoms with Crippen LogP contribution in [0.2, 0.25) is 0 Å². The van der Waals surface area contributed by atoms with E-state index >= 15 is 0 Å². The number of aromatic nitrogens is 2. The Balaban J connectivity index is 1.72. The van der Waals surface area contributed by atoms with Crippen molar-refractivity contribution >= 4 is 32.7 Å². The highest BCUT2D eigenvalue weighted by atomic mass is 16.3. The maximum atomic E-state index is 6.64. The van der Waals surface area contributed by atoms with Crippen LogP contribution in [0.4, 0.5) is 0 Å². The first-order chi connectivity index (χ1) is 15.7. The number of aryl methyl sites for hydroxylation is 2. The van der Waals surface area contributed by atoms with Gasteiger partial charge in [0.05, 0.1) is 13.2 Å². The number of furan rings is 1. The predicted octanol–water partition coefficient (Wildman–Crippen LogP) is 7.28. The number of rotatable bonds is 1. The van der Waals surface area contributed by atoms with E-state index < -0.39 is 0 Å². The molecule has 1 aliphatic rings. The highest BCUT2D eigenvalue weighted by Crippen LogP contribution is 2.49. The molecule has 0 aliphatic heterocycles. The molecule has 0 radical (unpaired) electrons. The van der Waals surface area contributed by atoms with E-state index in [1.54, 1.807) is 0 Å². The van der Waals surface area contributed by atoms with Gasteiger partial charge < -0.3 is 4.42 Å². The molecule has 5 aromatic rings. The molecule has 0 unspecified atom stereocenters. The molecule has 2 aromatic heterocycles. The Morgan fingerprint density at radius 1 is 0.909 bits per heavy atom. The molecule has 0 spiro atoms. The average molecular weight is 436 g/mol. The van der Waals surface area contributed by atoms with E-state index in [9.17, 15) is 0 Å². The summed E-state index contributed by atoms with van der Waals surface area (Å²) >= 11 is 0. The first-order valence-corrected chi connectivity index (χ1v) is 11.9. The smallest absolute Gasteiger partial charge is 0.334 e. The van der Waals surface area contributed by atoms with Crippen LogP contribution in [0.25, 0.3) is 44.1 Å². The third-order valence-electron chi connectivity index (χ3n) is 7.92. The molecule has 0 fully saturated rings. The molecule has 0 saturated heterocycles. The number of hydrogen-bond donors (Lipinski definition) is 0. The van der Waals surface area contributed by atoms with Gasteiger partial charge >= 0.3 is 5.82 Å². The number of nitrogens with zero attached hydrogens (tertiary/aromatic N) is 2. The lowest BCUT2D eigenvalue weighted by Gasteiger charge is -2.42. The van der Waals surface area contributed by atoms with Crippen molar-refractivity contribution in [3.8, 4) is 11.4 Å². The van der Waals surface area contributed by atoms with Crippen molar-refractivity contribution < 1.29 is 8.98 Å². The van der Waals surface area contributed by atoms with Crippen LogP contribution in [0.15, 0.2) is 59.3 Å². The van der Waals surface area contributed by atoms with Crippen molar-refractivity contribution in [1.82, 2.24) is 4.98 Å². The van der Waals surface area contributed by atoms with Crippen LogP contribution in [0.1, 0.15) is 57.2 Å². The zero-order valence-corrected chi connectivity index (χ0v) is 20.4. The Bertz CT molecular complexity index is 1590. The highest BCUT2D eigenvalue weighted by Gasteiger charge is 2.38. The predicted molar refractivity (Wildman–Crippen MR) is 136 cm³/mol. The van der Waals surface area contributed by atoms with Crippen LogP contribution >= 0.6 is 0 Å². The zero-order valence-electron chi connectivity index (χ0n) is 20.4. The molecule has 0 N–H and O–H groups in total. The Kier molecular flexibility index (Phi) is 4.12. The summed E-state index contributed by atoms with van der Waals surface area (Å²) in [4.78, 5) is 4.68. The van der Waals surface area contributed by atoms with E-state index in [1.807, 2.05) is 25.5 Å². The zero-order chi connectivity index (χ0) is 23.1. The molecule has 3 heteroatoms. The SMILES string of the molecule is Cc1ccc2c(oc3cc4c5c(ccc4cc32)C(C)(C)CCC5(C)C)c1-c1nccc[n+]1C. The molecule has 2 heterocycles. The molecule has 3 aromatic carbocycles. The summed E-state index contributed by atoms with van der Waals surface area (Å²) in [5.74, 6) is 0.921. The third-order valence-corrected chi connectivity index (χ3v) is 7.92. The average Bonchev–Trinajstić information content (AvgIpc) is 3.13. The molecule has 0 bridgehead atoms. The highest BCUT2D eigenvalue weighted by molar-refractivity contribution is 6.13. The van der Waals surface area contributed by atoms with E-state index in [1.165, 1.54) is 45.7 Å². The molecule has 0 amide bonds. The molecular formula is C30H31N2O+. The minimum absolute atomic E-state index is 0.146. The summed E-state index contributed by atoms with van der Waals surface area (Å²) in [7, 11) is 2.04. The van der Waals surface area contributed by atoms with Crippen molar-refractivity contribution in [2.75, 3.05) is 0 Å². The summed E-state index contributed by atoms with van der Waals surface area (Å²) in [6.07, 6.45) is 6.30. The second-order valence-electron chi connectivity index (χ2n) is 11.1.